The molecule has 3 rings (SSSR count). The summed E-state index contributed by atoms with van der Waals surface area (Å²) in [6.07, 6.45) is 1.27. The van der Waals surface area contributed by atoms with Crippen LogP contribution in [-0.4, -0.2) is 33.5 Å². The van der Waals surface area contributed by atoms with Crippen LogP contribution in [0.4, 0.5) is 17.1 Å². The summed E-state index contributed by atoms with van der Waals surface area (Å²) >= 11 is 0. The zero-order chi connectivity index (χ0) is 26.2. The highest BCUT2D eigenvalue weighted by molar-refractivity contribution is 5.83. The van der Waals surface area contributed by atoms with E-state index in [0.717, 1.165) is 18.2 Å². The molecule has 0 spiro atoms. The van der Waals surface area contributed by atoms with Crippen LogP contribution in [0.1, 0.15) is 11.1 Å². The lowest BCUT2D eigenvalue weighted by atomic mass is 10.2. The molecule has 0 aromatic heterocycles. The summed E-state index contributed by atoms with van der Waals surface area (Å²) in [6.45, 7) is 1.17. The van der Waals surface area contributed by atoms with Crippen LogP contribution in [0.3, 0.4) is 0 Å². The van der Waals surface area contributed by atoms with Gasteiger partial charge in [-0.15, -0.1) is 0 Å². The van der Waals surface area contributed by atoms with Gasteiger partial charge in [0.15, 0.2) is 12.4 Å². The molecule has 0 heterocycles. The van der Waals surface area contributed by atoms with Gasteiger partial charge in [0.1, 0.15) is 5.75 Å². The predicted molar refractivity (Wildman–Crippen MR) is 125 cm³/mol. The monoisotopic (exact) mass is 495 g/mol. The van der Waals surface area contributed by atoms with Crippen LogP contribution in [0.25, 0.3) is 0 Å². The van der Waals surface area contributed by atoms with E-state index in [0.29, 0.717) is 11.1 Å². The van der Waals surface area contributed by atoms with Gasteiger partial charge in [0.25, 0.3) is 11.6 Å². The third kappa shape index (κ3) is 6.57. The summed E-state index contributed by atoms with van der Waals surface area (Å²) in [5, 5.41) is 37.0. The normalized spacial score (nSPS) is 10.6. The Bertz CT molecular complexity index is 1370. The maximum atomic E-state index is 12.0. The molecule has 36 heavy (non-hydrogen) atoms. The molecule has 184 valence electrons. The molecule has 0 aliphatic rings. The topological polar surface area (TPSA) is 189 Å². The number of nitro benzene ring substituents is 3. The minimum Gasteiger partial charge on any atom is -0.477 e. The van der Waals surface area contributed by atoms with Gasteiger partial charge in [-0.3, -0.25) is 35.1 Å². The number of ether oxygens (including phenoxy) is 2. The van der Waals surface area contributed by atoms with E-state index in [1.165, 1.54) is 30.5 Å². The number of hydrogen-bond donors (Lipinski definition) is 1. The summed E-state index contributed by atoms with van der Waals surface area (Å²) in [6, 6.07) is 13.5. The average molecular weight is 495 g/mol. The van der Waals surface area contributed by atoms with Crippen molar-refractivity contribution in [3.8, 4) is 17.2 Å². The average Bonchev–Trinajstić information content (AvgIpc) is 2.83. The van der Waals surface area contributed by atoms with E-state index in [2.05, 4.69) is 10.5 Å². The van der Waals surface area contributed by atoms with Crippen LogP contribution in [0.15, 0.2) is 65.8 Å². The number of rotatable bonds is 10. The first-order valence-electron chi connectivity index (χ1n) is 10.0. The third-order valence-corrected chi connectivity index (χ3v) is 4.51. The molecule has 0 saturated heterocycles. The van der Waals surface area contributed by atoms with E-state index in [-0.39, 0.29) is 22.9 Å². The molecule has 1 amide bonds. The number of nitrogens with zero attached hydrogens (tertiary/aromatic N) is 4. The fourth-order valence-electron chi connectivity index (χ4n) is 2.88. The van der Waals surface area contributed by atoms with Gasteiger partial charge in [0.05, 0.1) is 27.1 Å². The smallest absolute Gasteiger partial charge is 0.318 e. The van der Waals surface area contributed by atoms with Crippen LogP contribution in [0.5, 0.6) is 17.2 Å². The zero-order valence-corrected chi connectivity index (χ0v) is 18.5. The van der Waals surface area contributed by atoms with Gasteiger partial charge in [0.2, 0.25) is 5.75 Å². The van der Waals surface area contributed by atoms with Gasteiger partial charge in [-0.2, -0.15) is 5.10 Å². The van der Waals surface area contributed by atoms with Gasteiger partial charge < -0.3 is 9.47 Å². The second-order valence-electron chi connectivity index (χ2n) is 7.15. The summed E-state index contributed by atoms with van der Waals surface area (Å²) in [5.74, 6) is -0.752. The van der Waals surface area contributed by atoms with E-state index in [9.17, 15) is 35.1 Å². The predicted octanol–water partition coefficient (Wildman–Crippen LogP) is 4.04. The highest BCUT2D eigenvalue weighted by atomic mass is 16.6. The Hall–Kier alpha value is -5.40. The molecular weight excluding hydrogens is 478 g/mol. The molecule has 0 aliphatic heterocycles. The first kappa shape index (κ1) is 25.2. The number of nitrogens with one attached hydrogen (secondary N) is 1. The number of carbonyl (C=O) groups excluding carboxylic acids is 1. The maximum Gasteiger partial charge on any atom is 0.318 e. The molecule has 14 nitrogen and oxygen atoms in total. The number of non-ortho nitro benzene ring substituents is 1. The second kappa shape index (κ2) is 11.1. The van der Waals surface area contributed by atoms with Crippen molar-refractivity contribution in [2.45, 2.75) is 6.92 Å². The highest BCUT2D eigenvalue weighted by Crippen LogP contribution is 2.34. The van der Waals surface area contributed by atoms with Crippen LogP contribution in [0.2, 0.25) is 0 Å². The van der Waals surface area contributed by atoms with Gasteiger partial charge in [-0.05, 0) is 42.3 Å². The number of benzene rings is 3. The lowest BCUT2D eigenvalue weighted by Crippen LogP contribution is -2.24. The number of hydrazone groups is 1. The second-order valence-corrected chi connectivity index (χ2v) is 7.15. The Morgan fingerprint density at radius 3 is 2.31 bits per heavy atom. The molecule has 3 aromatic rings. The molecule has 0 aliphatic carbocycles. The lowest BCUT2D eigenvalue weighted by Gasteiger charge is -2.07. The first-order chi connectivity index (χ1) is 17.1. The minimum atomic E-state index is -0.795. The Morgan fingerprint density at radius 1 is 0.917 bits per heavy atom. The molecule has 0 fully saturated rings. The van der Waals surface area contributed by atoms with E-state index < -0.39 is 38.7 Å². The van der Waals surface area contributed by atoms with Gasteiger partial charge in [0, 0.05) is 12.1 Å². The first-order valence-corrected chi connectivity index (χ1v) is 10.0. The summed E-state index contributed by atoms with van der Waals surface area (Å²) in [4.78, 5) is 43.1. The summed E-state index contributed by atoms with van der Waals surface area (Å²) in [5.41, 5.74) is 2.03. The van der Waals surface area contributed by atoms with Crippen LogP contribution in [0, 0.1) is 37.3 Å². The van der Waals surface area contributed by atoms with E-state index in [1.54, 1.807) is 25.1 Å². The lowest BCUT2D eigenvalue weighted by molar-refractivity contribution is -0.394. The largest absolute Gasteiger partial charge is 0.477 e. The van der Waals surface area contributed by atoms with Crippen molar-refractivity contribution in [3.63, 3.8) is 0 Å². The Kier molecular flexibility index (Phi) is 7.81. The molecule has 0 atom stereocenters. The summed E-state index contributed by atoms with van der Waals surface area (Å²) in [7, 11) is 0. The summed E-state index contributed by atoms with van der Waals surface area (Å²) < 4.78 is 10.7. The van der Waals surface area contributed by atoms with Crippen molar-refractivity contribution >= 4 is 29.2 Å². The van der Waals surface area contributed by atoms with Crippen molar-refractivity contribution in [1.82, 2.24) is 5.43 Å². The number of amides is 1. The van der Waals surface area contributed by atoms with E-state index in [4.69, 9.17) is 9.47 Å². The van der Waals surface area contributed by atoms with Crippen molar-refractivity contribution in [2.75, 3.05) is 6.61 Å². The molecule has 3 aromatic carbocycles. The fourth-order valence-corrected chi connectivity index (χ4v) is 2.88. The van der Waals surface area contributed by atoms with Crippen LogP contribution >= 0.6 is 0 Å². The van der Waals surface area contributed by atoms with E-state index >= 15 is 0 Å². The van der Waals surface area contributed by atoms with Crippen molar-refractivity contribution < 1.29 is 29.0 Å². The number of carbonyl (C=O) groups is 1. The number of nitro groups is 3. The SMILES string of the molecule is Cc1ccc(OCC(=O)N/N=C/c2cccc(Oc3ccc([N+](=O)[O-])cc3[N+](=O)[O-])c2)c([N+](=O)[O-])c1. The van der Waals surface area contributed by atoms with Crippen LogP contribution < -0.4 is 14.9 Å². The molecule has 1 N–H and O–H groups in total. The number of aryl methyl sites for hydroxylation is 1. The molecule has 14 heteroatoms. The standard InChI is InChI=1S/C22H17N5O9/c1-14-5-7-20(18(9-14)26(31)32)35-13-22(28)24-23-12-15-3-2-4-17(10-15)36-21-8-6-16(25(29)30)11-19(21)27(33)34/h2-12H,13H2,1H3,(H,24,28)/b23-12+. The molecule has 0 bridgehead atoms. The van der Waals surface area contributed by atoms with Gasteiger partial charge in [-0.1, -0.05) is 18.2 Å². The molecular formula is C22H17N5O9. The van der Waals surface area contributed by atoms with Crippen molar-refractivity contribution in [3.05, 3.63) is 102 Å². The van der Waals surface area contributed by atoms with Crippen molar-refractivity contribution in [1.29, 1.82) is 0 Å². The molecule has 0 unspecified atom stereocenters. The maximum absolute atomic E-state index is 12.0. The molecule has 0 saturated carbocycles. The number of hydrogen-bond acceptors (Lipinski definition) is 10. The van der Waals surface area contributed by atoms with Gasteiger partial charge >= 0.3 is 11.4 Å². The van der Waals surface area contributed by atoms with Crippen LogP contribution in [-0.2, 0) is 4.79 Å². The molecule has 0 radical (unpaired) electrons. The Morgan fingerprint density at radius 2 is 1.61 bits per heavy atom. The van der Waals surface area contributed by atoms with Gasteiger partial charge in [-0.25, -0.2) is 5.43 Å². The third-order valence-electron chi connectivity index (χ3n) is 4.51. The Labute approximate surface area is 202 Å². The van der Waals surface area contributed by atoms with E-state index in [1.807, 2.05) is 0 Å². The highest BCUT2D eigenvalue weighted by Gasteiger charge is 2.21. The fraction of sp³-hybridized carbons (Fsp3) is 0.0909. The minimum absolute atomic E-state index is 0.0603. The van der Waals surface area contributed by atoms with Crippen molar-refractivity contribution in [2.24, 2.45) is 5.10 Å². The Balaban J connectivity index is 1.62. The zero-order valence-electron chi connectivity index (χ0n) is 18.5. The quantitative estimate of drug-likeness (QED) is 0.246.